The molecule has 0 atom stereocenters. The van der Waals surface area contributed by atoms with E-state index in [1.54, 1.807) is 6.08 Å². The number of esters is 1. The van der Waals surface area contributed by atoms with Crippen molar-refractivity contribution in [1.82, 2.24) is 0 Å². The molecule has 0 N–H and O–H groups in total. The lowest BCUT2D eigenvalue weighted by Gasteiger charge is -2.03. The number of allylic oxidation sites excluding steroid dienone is 1. The second-order valence-electron chi connectivity index (χ2n) is 3.01. The fraction of sp³-hybridized carbons (Fsp3) is 0.727. The molecule has 0 saturated carbocycles. The molecule has 13 heavy (non-hydrogen) atoms. The Morgan fingerprint density at radius 2 is 2.00 bits per heavy atom. The van der Waals surface area contributed by atoms with E-state index in [-0.39, 0.29) is 5.97 Å². The molecule has 0 saturated heterocycles. The van der Waals surface area contributed by atoms with Crippen molar-refractivity contribution in [2.45, 2.75) is 46.5 Å². The van der Waals surface area contributed by atoms with Gasteiger partial charge in [0.1, 0.15) is 0 Å². The molecule has 0 rings (SSSR count). The van der Waals surface area contributed by atoms with Gasteiger partial charge in [0, 0.05) is 6.08 Å². The maximum Gasteiger partial charge on any atom is 0.330 e. The van der Waals surface area contributed by atoms with E-state index in [0.29, 0.717) is 6.61 Å². The molecule has 0 aromatic rings. The summed E-state index contributed by atoms with van der Waals surface area (Å²) in [6.07, 6.45) is 5.92. The van der Waals surface area contributed by atoms with Crippen LogP contribution >= 0.6 is 0 Å². The van der Waals surface area contributed by atoms with Crippen LogP contribution in [0.15, 0.2) is 11.6 Å². The maximum atomic E-state index is 11.1. The van der Waals surface area contributed by atoms with Crippen LogP contribution in [0.5, 0.6) is 0 Å². The monoisotopic (exact) mass is 184 g/mol. The van der Waals surface area contributed by atoms with Crippen molar-refractivity contribution in [1.29, 1.82) is 0 Å². The van der Waals surface area contributed by atoms with Crippen molar-refractivity contribution in [3.8, 4) is 0 Å². The minimum atomic E-state index is -0.199. The van der Waals surface area contributed by atoms with Gasteiger partial charge in [-0.3, -0.25) is 0 Å². The number of hydrogen-bond donors (Lipinski definition) is 0. The van der Waals surface area contributed by atoms with Crippen LogP contribution in [0, 0.1) is 0 Å². The highest BCUT2D eigenvalue weighted by Gasteiger charge is 1.99. The van der Waals surface area contributed by atoms with E-state index in [1.807, 2.05) is 6.92 Å². The first-order valence-electron chi connectivity index (χ1n) is 5.10. The molecule has 0 bridgehead atoms. The Hall–Kier alpha value is -0.790. The zero-order valence-electron chi connectivity index (χ0n) is 8.93. The fourth-order valence-electron chi connectivity index (χ4n) is 1.11. The highest BCUT2D eigenvalue weighted by molar-refractivity contribution is 5.82. The molecule has 0 aliphatic rings. The molecule has 0 aliphatic carbocycles. The number of rotatable bonds is 6. The molecule has 0 fully saturated rings. The molecule has 0 heterocycles. The molecule has 2 nitrogen and oxygen atoms in total. The third-order valence-electron chi connectivity index (χ3n) is 1.91. The normalized spacial score (nSPS) is 11.5. The van der Waals surface area contributed by atoms with Gasteiger partial charge in [0.05, 0.1) is 6.61 Å². The van der Waals surface area contributed by atoms with Crippen molar-refractivity contribution in [3.05, 3.63) is 11.6 Å². The Bertz CT molecular complexity index is 171. The predicted molar refractivity (Wildman–Crippen MR) is 54.5 cm³/mol. The van der Waals surface area contributed by atoms with Crippen LogP contribution in [-0.2, 0) is 9.53 Å². The number of unbranched alkanes of at least 4 members (excludes halogenated alkanes) is 1. The summed E-state index contributed by atoms with van der Waals surface area (Å²) in [4.78, 5) is 11.1. The lowest BCUT2D eigenvalue weighted by molar-refractivity contribution is -0.137. The summed E-state index contributed by atoms with van der Waals surface area (Å²) in [5.41, 5.74) is 1.19. The van der Waals surface area contributed by atoms with E-state index < -0.39 is 0 Å². The minimum Gasteiger partial charge on any atom is -0.463 e. The predicted octanol–water partition coefficient (Wildman–Crippen LogP) is 3.08. The molecule has 0 aromatic carbocycles. The number of ether oxygens (including phenoxy) is 1. The van der Waals surface area contributed by atoms with Gasteiger partial charge in [0.25, 0.3) is 0 Å². The summed E-state index contributed by atoms with van der Waals surface area (Å²) in [6.45, 7) is 6.50. The van der Waals surface area contributed by atoms with Crippen LogP contribution in [-0.4, -0.2) is 12.6 Å². The fourth-order valence-corrected chi connectivity index (χ4v) is 1.11. The van der Waals surface area contributed by atoms with Crippen LogP contribution in [0.2, 0.25) is 0 Å². The van der Waals surface area contributed by atoms with Gasteiger partial charge in [-0.2, -0.15) is 0 Å². The van der Waals surface area contributed by atoms with Gasteiger partial charge >= 0.3 is 5.97 Å². The van der Waals surface area contributed by atoms with E-state index in [9.17, 15) is 4.79 Å². The summed E-state index contributed by atoms with van der Waals surface area (Å²) < 4.78 is 4.84. The Morgan fingerprint density at radius 1 is 1.31 bits per heavy atom. The van der Waals surface area contributed by atoms with Crippen LogP contribution in [0.1, 0.15) is 46.5 Å². The number of carbonyl (C=O) groups is 1. The molecule has 0 spiro atoms. The highest BCUT2D eigenvalue weighted by atomic mass is 16.5. The number of carbonyl (C=O) groups excluding carboxylic acids is 1. The molecular formula is C11H20O2. The van der Waals surface area contributed by atoms with Gasteiger partial charge < -0.3 is 4.74 Å². The first kappa shape index (κ1) is 12.2. The largest absolute Gasteiger partial charge is 0.463 e. The average molecular weight is 184 g/mol. The Balaban J connectivity index is 3.96. The van der Waals surface area contributed by atoms with Crippen molar-refractivity contribution in [3.63, 3.8) is 0 Å². The SMILES string of the molecule is CCCCC(=CC(=O)OCC)CC. The first-order chi connectivity index (χ1) is 6.24. The molecule has 2 heteroatoms. The van der Waals surface area contributed by atoms with Crippen LogP contribution in [0.25, 0.3) is 0 Å². The van der Waals surface area contributed by atoms with E-state index in [4.69, 9.17) is 4.74 Å². The zero-order valence-corrected chi connectivity index (χ0v) is 8.93. The van der Waals surface area contributed by atoms with Crippen molar-refractivity contribution < 1.29 is 9.53 Å². The number of hydrogen-bond acceptors (Lipinski definition) is 2. The van der Waals surface area contributed by atoms with E-state index in [1.165, 1.54) is 12.0 Å². The Morgan fingerprint density at radius 3 is 2.46 bits per heavy atom. The summed E-state index contributed by atoms with van der Waals surface area (Å²) in [5.74, 6) is -0.199. The molecular weight excluding hydrogens is 164 g/mol. The highest BCUT2D eigenvalue weighted by Crippen LogP contribution is 2.10. The molecule has 0 aromatic heterocycles. The van der Waals surface area contributed by atoms with Gasteiger partial charge in [-0.25, -0.2) is 4.79 Å². The van der Waals surface area contributed by atoms with Crippen molar-refractivity contribution in [2.75, 3.05) is 6.61 Å². The van der Waals surface area contributed by atoms with Crippen LogP contribution < -0.4 is 0 Å². The van der Waals surface area contributed by atoms with Gasteiger partial charge in [0.2, 0.25) is 0 Å². The van der Waals surface area contributed by atoms with Gasteiger partial charge in [0.15, 0.2) is 0 Å². The summed E-state index contributed by atoms with van der Waals surface area (Å²) in [5, 5.41) is 0. The topological polar surface area (TPSA) is 26.3 Å². The van der Waals surface area contributed by atoms with Crippen LogP contribution in [0.3, 0.4) is 0 Å². The van der Waals surface area contributed by atoms with Gasteiger partial charge in [-0.15, -0.1) is 0 Å². The quantitative estimate of drug-likeness (QED) is 0.468. The molecule has 0 radical (unpaired) electrons. The third kappa shape index (κ3) is 6.38. The standard InChI is InChI=1S/C11H20O2/c1-4-7-8-10(5-2)9-11(12)13-6-3/h9H,4-8H2,1-3H3. The van der Waals surface area contributed by atoms with E-state index in [2.05, 4.69) is 13.8 Å². The lowest BCUT2D eigenvalue weighted by Crippen LogP contribution is -2.01. The van der Waals surface area contributed by atoms with E-state index >= 15 is 0 Å². The summed E-state index contributed by atoms with van der Waals surface area (Å²) in [7, 11) is 0. The minimum absolute atomic E-state index is 0.199. The Kier molecular flexibility index (Phi) is 7.36. The third-order valence-corrected chi connectivity index (χ3v) is 1.91. The molecule has 0 amide bonds. The summed E-state index contributed by atoms with van der Waals surface area (Å²) in [6, 6.07) is 0. The van der Waals surface area contributed by atoms with Crippen molar-refractivity contribution in [2.24, 2.45) is 0 Å². The maximum absolute atomic E-state index is 11.1. The van der Waals surface area contributed by atoms with Crippen LogP contribution in [0.4, 0.5) is 0 Å². The van der Waals surface area contributed by atoms with Gasteiger partial charge in [-0.1, -0.05) is 25.8 Å². The zero-order chi connectivity index (χ0) is 10.1. The Labute approximate surface area is 81.0 Å². The molecule has 76 valence electrons. The van der Waals surface area contributed by atoms with Crippen molar-refractivity contribution >= 4 is 5.97 Å². The second-order valence-corrected chi connectivity index (χ2v) is 3.01. The van der Waals surface area contributed by atoms with E-state index in [0.717, 1.165) is 19.3 Å². The first-order valence-corrected chi connectivity index (χ1v) is 5.10. The smallest absolute Gasteiger partial charge is 0.330 e. The summed E-state index contributed by atoms with van der Waals surface area (Å²) >= 11 is 0. The second kappa shape index (κ2) is 7.84. The average Bonchev–Trinajstić information content (AvgIpc) is 2.12. The lowest BCUT2D eigenvalue weighted by atomic mass is 10.1. The molecule has 0 unspecified atom stereocenters. The van der Waals surface area contributed by atoms with Gasteiger partial charge in [-0.05, 0) is 26.2 Å². The molecule has 0 aliphatic heterocycles.